The average molecular weight is 381 g/mol. The standard InChI is InChI=1S/C17H19NO9/c1-12(21)25-8-14(27-11-20)17(9-19,18-16(23)24-2)10-26-15(22)13-6-4-3-5-7-13/h3-7,9,11,14H,8,10H2,1-2H3,(H,18,23)/t14-,17+/m1/s1. The molecule has 1 aromatic carbocycles. The highest BCUT2D eigenvalue weighted by Crippen LogP contribution is 2.16. The van der Waals surface area contributed by atoms with Gasteiger partial charge in [-0.1, -0.05) is 18.2 Å². The molecule has 0 saturated heterocycles. The van der Waals surface area contributed by atoms with Crippen LogP contribution in [0.15, 0.2) is 30.3 Å². The molecule has 0 heterocycles. The lowest BCUT2D eigenvalue weighted by atomic mass is 9.95. The Bertz CT molecular complexity index is 676. The van der Waals surface area contributed by atoms with Gasteiger partial charge in [0.15, 0.2) is 17.9 Å². The van der Waals surface area contributed by atoms with Gasteiger partial charge in [0, 0.05) is 6.92 Å². The molecule has 0 saturated carbocycles. The minimum atomic E-state index is -2.05. The molecule has 10 heteroatoms. The molecule has 0 unspecified atom stereocenters. The second-order valence-electron chi connectivity index (χ2n) is 5.24. The van der Waals surface area contributed by atoms with E-state index < -0.39 is 42.9 Å². The van der Waals surface area contributed by atoms with Crippen molar-refractivity contribution in [3.05, 3.63) is 35.9 Å². The van der Waals surface area contributed by atoms with Gasteiger partial charge in [0.2, 0.25) is 0 Å². The molecule has 27 heavy (non-hydrogen) atoms. The molecule has 0 aliphatic carbocycles. The molecule has 2 atom stereocenters. The maximum atomic E-state index is 12.1. The molecule has 0 aromatic heterocycles. The number of carbonyl (C=O) groups excluding carboxylic acids is 5. The maximum absolute atomic E-state index is 12.1. The van der Waals surface area contributed by atoms with Gasteiger partial charge in [0.05, 0.1) is 12.7 Å². The Morgan fingerprint density at radius 1 is 1.15 bits per heavy atom. The van der Waals surface area contributed by atoms with Crippen molar-refractivity contribution in [3.8, 4) is 0 Å². The van der Waals surface area contributed by atoms with Crippen LogP contribution >= 0.6 is 0 Å². The summed E-state index contributed by atoms with van der Waals surface area (Å²) in [6.45, 7) is -0.174. The summed E-state index contributed by atoms with van der Waals surface area (Å²) in [6, 6.07) is 7.87. The second-order valence-corrected chi connectivity index (χ2v) is 5.24. The van der Waals surface area contributed by atoms with E-state index in [1.54, 1.807) is 18.2 Å². The number of esters is 2. The Morgan fingerprint density at radius 2 is 1.81 bits per heavy atom. The monoisotopic (exact) mass is 381 g/mol. The minimum Gasteiger partial charge on any atom is -0.462 e. The summed E-state index contributed by atoms with van der Waals surface area (Å²) in [7, 11) is 1.04. The van der Waals surface area contributed by atoms with Crippen LogP contribution in [0, 0.1) is 0 Å². The van der Waals surface area contributed by atoms with Crippen LogP contribution in [0.25, 0.3) is 0 Å². The van der Waals surface area contributed by atoms with Crippen molar-refractivity contribution in [2.75, 3.05) is 20.3 Å². The third kappa shape index (κ3) is 6.42. The minimum absolute atomic E-state index is 0.00435. The van der Waals surface area contributed by atoms with Gasteiger partial charge in [-0.2, -0.15) is 0 Å². The van der Waals surface area contributed by atoms with E-state index in [9.17, 15) is 24.0 Å². The maximum Gasteiger partial charge on any atom is 0.407 e. The molecule has 1 rings (SSSR count). The summed E-state index contributed by atoms with van der Waals surface area (Å²) in [5.74, 6) is -1.50. The number of nitrogens with one attached hydrogen (secondary N) is 1. The molecule has 0 bridgehead atoms. The summed E-state index contributed by atoms with van der Waals surface area (Å²) in [4.78, 5) is 57.4. The number of alkyl carbamates (subject to hydrolysis) is 1. The van der Waals surface area contributed by atoms with Crippen molar-refractivity contribution < 1.29 is 42.9 Å². The number of methoxy groups -OCH3 is 1. The van der Waals surface area contributed by atoms with E-state index in [4.69, 9.17) is 14.2 Å². The van der Waals surface area contributed by atoms with Crippen LogP contribution in [-0.2, 0) is 33.3 Å². The largest absolute Gasteiger partial charge is 0.462 e. The number of aldehydes is 1. The number of carbonyl (C=O) groups is 5. The number of rotatable bonds is 10. The fourth-order valence-electron chi connectivity index (χ4n) is 2.00. The zero-order valence-electron chi connectivity index (χ0n) is 14.7. The molecule has 0 aliphatic heterocycles. The molecule has 1 amide bonds. The molecule has 10 nitrogen and oxygen atoms in total. The van der Waals surface area contributed by atoms with Crippen LogP contribution in [0.2, 0.25) is 0 Å². The van der Waals surface area contributed by atoms with Gasteiger partial charge >= 0.3 is 18.0 Å². The Labute approximate surface area is 154 Å². The zero-order valence-corrected chi connectivity index (χ0v) is 14.7. The van der Waals surface area contributed by atoms with Crippen LogP contribution in [0.5, 0.6) is 0 Å². The van der Waals surface area contributed by atoms with Crippen LogP contribution in [-0.4, -0.2) is 62.8 Å². The smallest absolute Gasteiger partial charge is 0.407 e. The van der Waals surface area contributed by atoms with Crippen LogP contribution in [0.4, 0.5) is 4.79 Å². The Hall–Kier alpha value is -3.43. The van der Waals surface area contributed by atoms with E-state index in [-0.39, 0.29) is 18.3 Å². The highest BCUT2D eigenvalue weighted by Gasteiger charge is 2.45. The summed E-state index contributed by atoms with van der Waals surface area (Å²) < 4.78 is 19.1. The number of ether oxygens (including phenoxy) is 4. The normalized spacial score (nSPS) is 13.3. The van der Waals surface area contributed by atoms with Gasteiger partial charge in [-0.05, 0) is 12.1 Å². The molecule has 1 aromatic rings. The van der Waals surface area contributed by atoms with Gasteiger partial charge in [0.25, 0.3) is 6.47 Å². The van der Waals surface area contributed by atoms with Gasteiger partial charge in [-0.25, -0.2) is 9.59 Å². The molecule has 146 valence electrons. The number of hydrogen-bond acceptors (Lipinski definition) is 9. The number of hydrogen-bond donors (Lipinski definition) is 1. The SMILES string of the molecule is COC(=O)N[C@@](C=O)(COC(=O)c1ccccc1)[C@@H](COC(C)=O)OC=O. The Morgan fingerprint density at radius 3 is 2.33 bits per heavy atom. The third-order valence-corrected chi connectivity index (χ3v) is 3.41. The van der Waals surface area contributed by atoms with Gasteiger partial charge in [-0.15, -0.1) is 0 Å². The van der Waals surface area contributed by atoms with Gasteiger partial charge in [0.1, 0.15) is 13.2 Å². The summed E-state index contributed by atoms with van der Waals surface area (Å²) >= 11 is 0. The lowest BCUT2D eigenvalue weighted by Crippen LogP contribution is -2.63. The molecule has 0 aliphatic rings. The first-order chi connectivity index (χ1) is 12.9. The first-order valence-electron chi connectivity index (χ1n) is 7.65. The van der Waals surface area contributed by atoms with Gasteiger partial charge in [-0.3, -0.25) is 9.59 Å². The van der Waals surface area contributed by atoms with Crippen LogP contribution in [0.3, 0.4) is 0 Å². The van der Waals surface area contributed by atoms with E-state index in [1.807, 2.05) is 0 Å². The highest BCUT2D eigenvalue weighted by atomic mass is 16.6. The molecule has 0 spiro atoms. The van der Waals surface area contributed by atoms with E-state index in [1.165, 1.54) is 12.1 Å². The van der Waals surface area contributed by atoms with Crippen molar-refractivity contribution in [2.45, 2.75) is 18.6 Å². The van der Waals surface area contributed by atoms with Crippen molar-refractivity contribution in [2.24, 2.45) is 0 Å². The predicted molar refractivity (Wildman–Crippen MR) is 88.6 cm³/mol. The van der Waals surface area contributed by atoms with E-state index in [0.29, 0.717) is 0 Å². The second kappa shape index (κ2) is 10.5. The summed E-state index contributed by atoms with van der Waals surface area (Å²) in [6.07, 6.45) is -2.32. The third-order valence-electron chi connectivity index (χ3n) is 3.41. The number of benzene rings is 1. The predicted octanol–water partition coefficient (Wildman–Crippen LogP) is 0.242. The highest BCUT2D eigenvalue weighted by molar-refractivity contribution is 5.89. The zero-order chi connectivity index (χ0) is 20.3. The van der Waals surface area contributed by atoms with E-state index in [2.05, 4.69) is 10.1 Å². The molecular weight excluding hydrogens is 362 g/mol. The van der Waals surface area contributed by atoms with Crippen molar-refractivity contribution in [3.63, 3.8) is 0 Å². The van der Waals surface area contributed by atoms with Crippen molar-refractivity contribution >= 4 is 30.8 Å². The first kappa shape index (κ1) is 21.6. The van der Waals surface area contributed by atoms with Crippen LogP contribution < -0.4 is 5.32 Å². The fourth-order valence-corrected chi connectivity index (χ4v) is 2.00. The van der Waals surface area contributed by atoms with E-state index >= 15 is 0 Å². The summed E-state index contributed by atoms with van der Waals surface area (Å²) in [5, 5.41) is 2.16. The molecular formula is C17H19NO9. The Kier molecular flexibility index (Phi) is 8.43. The lowest BCUT2D eigenvalue weighted by molar-refractivity contribution is -0.157. The molecule has 0 radical (unpaired) electrons. The number of amides is 1. The fraction of sp³-hybridized carbons (Fsp3) is 0.353. The van der Waals surface area contributed by atoms with E-state index in [0.717, 1.165) is 14.0 Å². The molecule has 0 fully saturated rings. The Balaban J connectivity index is 3.08. The topological polar surface area (TPSA) is 134 Å². The first-order valence-corrected chi connectivity index (χ1v) is 7.65. The van der Waals surface area contributed by atoms with Crippen molar-refractivity contribution in [1.82, 2.24) is 5.32 Å². The van der Waals surface area contributed by atoms with Gasteiger partial charge < -0.3 is 29.1 Å². The molecule has 1 N–H and O–H groups in total. The van der Waals surface area contributed by atoms with Crippen LogP contribution in [0.1, 0.15) is 17.3 Å². The van der Waals surface area contributed by atoms with Crippen molar-refractivity contribution in [1.29, 1.82) is 0 Å². The summed E-state index contributed by atoms with van der Waals surface area (Å²) in [5.41, 5.74) is -1.85. The quantitative estimate of drug-likeness (QED) is 0.343. The average Bonchev–Trinajstić information content (AvgIpc) is 2.68. The lowest BCUT2D eigenvalue weighted by Gasteiger charge is -2.33.